The maximum absolute atomic E-state index is 11.8. The van der Waals surface area contributed by atoms with Gasteiger partial charge in [-0.05, 0) is 29.7 Å². The molecule has 22 heavy (non-hydrogen) atoms. The minimum absolute atomic E-state index is 0.0238. The Morgan fingerprint density at radius 1 is 1.23 bits per heavy atom. The van der Waals surface area contributed by atoms with Gasteiger partial charge in [0.1, 0.15) is 0 Å². The van der Waals surface area contributed by atoms with E-state index in [1.165, 1.54) is 6.08 Å². The Morgan fingerprint density at radius 2 is 2.09 bits per heavy atom. The molecule has 3 rings (SSSR count). The second-order valence-electron chi connectivity index (χ2n) is 4.23. The topological polar surface area (TPSA) is 68.0 Å². The number of halogens is 1. The Kier molecular flexibility index (Phi) is 4.32. The number of nitrogens with one attached hydrogen (secondary N) is 1. The van der Waals surface area contributed by atoms with Gasteiger partial charge in [0.05, 0.1) is 10.6 Å². The van der Waals surface area contributed by atoms with Crippen molar-refractivity contribution in [2.24, 2.45) is 0 Å². The van der Waals surface area contributed by atoms with E-state index in [4.69, 9.17) is 16.0 Å². The lowest BCUT2D eigenvalue weighted by molar-refractivity contribution is -0.112. The molecule has 2 heterocycles. The zero-order valence-electron chi connectivity index (χ0n) is 11.2. The molecule has 1 aromatic carbocycles. The van der Waals surface area contributed by atoms with Crippen molar-refractivity contribution >= 4 is 40.9 Å². The van der Waals surface area contributed by atoms with Gasteiger partial charge in [0.15, 0.2) is 0 Å². The van der Waals surface area contributed by atoms with Gasteiger partial charge < -0.3 is 4.42 Å². The minimum Gasteiger partial charge on any atom is -0.403 e. The minimum atomic E-state index is -0.345. The number of amides is 1. The first-order chi connectivity index (χ1) is 10.7. The van der Waals surface area contributed by atoms with Crippen molar-refractivity contribution in [1.29, 1.82) is 0 Å². The summed E-state index contributed by atoms with van der Waals surface area (Å²) in [4.78, 5) is 12.8. The number of benzene rings is 1. The molecular weight excluding hydrogens is 322 g/mol. The molecule has 3 aromatic rings. The van der Waals surface area contributed by atoms with E-state index in [0.717, 1.165) is 4.88 Å². The van der Waals surface area contributed by atoms with Crippen LogP contribution < -0.4 is 5.32 Å². The molecule has 5 nitrogen and oxygen atoms in total. The number of hydrogen-bond acceptors (Lipinski definition) is 5. The third-order valence-corrected chi connectivity index (χ3v) is 3.87. The fourth-order valence-electron chi connectivity index (χ4n) is 1.71. The molecule has 1 amide bonds. The van der Waals surface area contributed by atoms with E-state index in [2.05, 4.69) is 15.5 Å². The average Bonchev–Trinajstić information content (AvgIpc) is 3.17. The van der Waals surface area contributed by atoms with Crippen LogP contribution in [-0.2, 0) is 4.79 Å². The van der Waals surface area contributed by atoms with Crippen LogP contribution in [0, 0.1) is 0 Å². The molecule has 0 radical (unpaired) electrons. The van der Waals surface area contributed by atoms with Crippen LogP contribution in [0.25, 0.3) is 17.5 Å². The summed E-state index contributed by atoms with van der Waals surface area (Å²) in [6.45, 7) is 0. The molecule has 0 fully saturated rings. The molecule has 1 N–H and O–H groups in total. The second kappa shape index (κ2) is 6.55. The smallest absolute Gasteiger partial charge is 0.322 e. The SMILES string of the molecule is O=C(C=Cc1cccs1)Nc1nnc(-c2ccccc2Cl)o1. The van der Waals surface area contributed by atoms with Crippen LogP contribution in [0.2, 0.25) is 5.02 Å². The third kappa shape index (κ3) is 3.41. The van der Waals surface area contributed by atoms with Gasteiger partial charge in [0, 0.05) is 11.0 Å². The van der Waals surface area contributed by atoms with Crippen molar-refractivity contribution in [3.63, 3.8) is 0 Å². The third-order valence-electron chi connectivity index (χ3n) is 2.70. The van der Waals surface area contributed by atoms with Crippen LogP contribution in [0.5, 0.6) is 0 Å². The van der Waals surface area contributed by atoms with Crippen LogP contribution in [0.15, 0.2) is 52.3 Å². The second-order valence-corrected chi connectivity index (χ2v) is 5.62. The van der Waals surface area contributed by atoms with Gasteiger partial charge in [-0.25, -0.2) is 0 Å². The maximum atomic E-state index is 11.8. The molecule has 0 spiro atoms. The molecule has 0 atom stereocenters. The summed E-state index contributed by atoms with van der Waals surface area (Å²) in [5.41, 5.74) is 0.617. The normalized spacial score (nSPS) is 11.0. The molecule has 2 aromatic heterocycles. The number of rotatable bonds is 4. The van der Waals surface area contributed by atoms with E-state index < -0.39 is 0 Å². The van der Waals surface area contributed by atoms with E-state index in [1.807, 2.05) is 23.6 Å². The Labute approximate surface area is 135 Å². The molecule has 0 aliphatic heterocycles. The van der Waals surface area contributed by atoms with E-state index in [0.29, 0.717) is 10.6 Å². The average molecular weight is 332 g/mol. The van der Waals surface area contributed by atoms with E-state index in [1.54, 1.807) is 35.6 Å². The predicted molar refractivity (Wildman–Crippen MR) is 86.7 cm³/mol. The lowest BCUT2D eigenvalue weighted by Crippen LogP contribution is -2.07. The summed E-state index contributed by atoms with van der Waals surface area (Å²) in [5.74, 6) is -0.0918. The summed E-state index contributed by atoms with van der Waals surface area (Å²) in [6, 6.07) is 11.0. The fraction of sp³-hybridized carbons (Fsp3) is 0. The number of hydrogen-bond donors (Lipinski definition) is 1. The van der Waals surface area contributed by atoms with Crippen molar-refractivity contribution in [3.05, 3.63) is 57.8 Å². The highest BCUT2D eigenvalue weighted by atomic mass is 35.5. The lowest BCUT2D eigenvalue weighted by atomic mass is 10.2. The number of carbonyl (C=O) groups is 1. The monoisotopic (exact) mass is 331 g/mol. The first-order valence-corrected chi connectivity index (χ1v) is 7.59. The quantitative estimate of drug-likeness (QED) is 0.731. The first kappa shape index (κ1) is 14.5. The van der Waals surface area contributed by atoms with Crippen molar-refractivity contribution in [3.8, 4) is 11.5 Å². The van der Waals surface area contributed by atoms with E-state index in [-0.39, 0.29) is 17.8 Å². The van der Waals surface area contributed by atoms with Crippen LogP contribution >= 0.6 is 22.9 Å². The van der Waals surface area contributed by atoms with Crippen molar-refractivity contribution < 1.29 is 9.21 Å². The summed E-state index contributed by atoms with van der Waals surface area (Å²) in [5, 5.41) is 12.6. The molecule has 110 valence electrons. The molecule has 7 heteroatoms. The molecule has 0 unspecified atom stereocenters. The van der Waals surface area contributed by atoms with Gasteiger partial charge in [-0.15, -0.1) is 16.4 Å². The summed E-state index contributed by atoms with van der Waals surface area (Å²) >= 11 is 7.60. The Balaban J connectivity index is 1.69. The van der Waals surface area contributed by atoms with E-state index in [9.17, 15) is 4.79 Å². The Bertz CT molecular complexity index is 812. The highest BCUT2D eigenvalue weighted by molar-refractivity contribution is 7.10. The molecule has 0 saturated heterocycles. The molecule has 0 bridgehead atoms. The summed E-state index contributed by atoms with van der Waals surface area (Å²) in [6.07, 6.45) is 3.12. The van der Waals surface area contributed by atoms with E-state index >= 15 is 0 Å². The van der Waals surface area contributed by atoms with Gasteiger partial charge in [0.2, 0.25) is 0 Å². The van der Waals surface area contributed by atoms with Crippen LogP contribution in [0.1, 0.15) is 4.88 Å². The number of aromatic nitrogens is 2. The largest absolute Gasteiger partial charge is 0.403 e. The lowest BCUT2D eigenvalue weighted by Gasteiger charge is -1.97. The van der Waals surface area contributed by atoms with Crippen LogP contribution in [0.4, 0.5) is 6.01 Å². The number of carbonyl (C=O) groups excluding carboxylic acids is 1. The maximum Gasteiger partial charge on any atom is 0.322 e. The van der Waals surface area contributed by atoms with Crippen molar-refractivity contribution in [1.82, 2.24) is 10.2 Å². The van der Waals surface area contributed by atoms with Crippen LogP contribution in [-0.4, -0.2) is 16.1 Å². The van der Waals surface area contributed by atoms with Gasteiger partial charge in [-0.3, -0.25) is 10.1 Å². The number of anilines is 1. The standard InChI is InChI=1S/C15H10ClN3O2S/c16-12-6-2-1-5-11(12)14-18-19-15(21-14)17-13(20)8-7-10-4-3-9-22-10/h1-9H,(H,17,19,20). The molecular formula is C15H10ClN3O2S. The van der Waals surface area contributed by atoms with Crippen molar-refractivity contribution in [2.75, 3.05) is 5.32 Å². The van der Waals surface area contributed by atoms with Gasteiger partial charge in [-0.1, -0.05) is 34.9 Å². The molecule has 0 saturated carbocycles. The van der Waals surface area contributed by atoms with Crippen LogP contribution in [0.3, 0.4) is 0 Å². The summed E-state index contributed by atoms with van der Waals surface area (Å²) < 4.78 is 5.39. The Morgan fingerprint density at radius 3 is 2.86 bits per heavy atom. The summed E-state index contributed by atoms with van der Waals surface area (Å²) in [7, 11) is 0. The van der Waals surface area contributed by atoms with Crippen molar-refractivity contribution in [2.45, 2.75) is 0 Å². The predicted octanol–water partition coefficient (Wildman–Crippen LogP) is 4.10. The highest BCUT2D eigenvalue weighted by Crippen LogP contribution is 2.27. The van der Waals surface area contributed by atoms with Gasteiger partial charge in [0.25, 0.3) is 11.8 Å². The number of thiophene rings is 1. The Hall–Kier alpha value is -2.44. The zero-order chi connectivity index (χ0) is 15.4. The van der Waals surface area contributed by atoms with Gasteiger partial charge in [-0.2, -0.15) is 0 Å². The van der Waals surface area contributed by atoms with Gasteiger partial charge >= 0.3 is 6.01 Å². The number of nitrogens with zero attached hydrogens (tertiary/aromatic N) is 2. The molecule has 0 aliphatic carbocycles. The zero-order valence-corrected chi connectivity index (χ0v) is 12.8. The molecule has 0 aliphatic rings. The highest BCUT2D eigenvalue weighted by Gasteiger charge is 2.12. The fourth-order valence-corrected chi connectivity index (χ4v) is 2.54. The first-order valence-electron chi connectivity index (χ1n) is 6.33.